The topological polar surface area (TPSA) is 93.8 Å². The number of aryl methyl sites for hydroxylation is 1. The molecule has 2 aromatic heterocycles. The minimum absolute atomic E-state index is 0.264. The monoisotopic (exact) mass is 255 g/mol. The number of nitrogen functional groups attached to an aromatic ring is 1. The number of thiazole rings is 1. The summed E-state index contributed by atoms with van der Waals surface area (Å²) in [5, 5.41) is 11.5. The standard InChI is InChI=1S/C8H9N5OS2/c1-4-10-2-5(15-4)3-11-6(14)7-12-13-8(9)16-7/h2H,3H2,1H3,(H2,9,13)(H,11,14). The van der Waals surface area contributed by atoms with Gasteiger partial charge in [0, 0.05) is 11.1 Å². The third kappa shape index (κ3) is 2.52. The number of hydrogen-bond acceptors (Lipinski definition) is 7. The highest BCUT2D eigenvalue weighted by atomic mass is 32.1. The SMILES string of the molecule is Cc1ncc(CNC(=O)c2nnc(N)s2)s1. The van der Waals surface area contributed by atoms with Crippen LogP contribution in [-0.2, 0) is 6.54 Å². The van der Waals surface area contributed by atoms with Gasteiger partial charge >= 0.3 is 0 Å². The second kappa shape index (κ2) is 4.54. The van der Waals surface area contributed by atoms with Gasteiger partial charge in [0.2, 0.25) is 10.1 Å². The van der Waals surface area contributed by atoms with Crippen LogP contribution in [0, 0.1) is 6.92 Å². The van der Waals surface area contributed by atoms with E-state index in [2.05, 4.69) is 20.5 Å². The van der Waals surface area contributed by atoms with Crippen molar-refractivity contribution in [3.63, 3.8) is 0 Å². The smallest absolute Gasteiger partial charge is 0.282 e. The first-order valence-corrected chi connectivity index (χ1v) is 6.07. The molecule has 0 aliphatic carbocycles. The molecule has 0 radical (unpaired) electrons. The van der Waals surface area contributed by atoms with Crippen molar-refractivity contribution in [2.24, 2.45) is 0 Å². The Morgan fingerprint density at radius 3 is 2.88 bits per heavy atom. The lowest BCUT2D eigenvalue weighted by atomic mass is 10.5. The fourth-order valence-electron chi connectivity index (χ4n) is 1.06. The van der Waals surface area contributed by atoms with Crippen LogP contribution in [-0.4, -0.2) is 21.1 Å². The molecule has 0 aliphatic heterocycles. The van der Waals surface area contributed by atoms with Gasteiger partial charge in [0.15, 0.2) is 0 Å². The Morgan fingerprint density at radius 1 is 1.50 bits per heavy atom. The Labute approximate surface area is 99.5 Å². The zero-order valence-corrected chi connectivity index (χ0v) is 10.1. The van der Waals surface area contributed by atoms with Gasteiger partial charge in [-0.3, -0.25) is 4.79 Å². The number of aromatic nitrogens is 3. The summed E-state index contributed by atoms with van der Waals surface area (Å²) in [5.41, 5.74) is 5.38. The van der Waals surface area contributed by atoms with Gasteiger partial charge in [0.1, 0.15) is 0 Å². The number of carbonyl (C=O) groups is 1. The Morgan fingerprint density at radius 2 is 2.31 bits per heavy atom. The second-order valence-electron chi connectivity index (χ2n) is 2.97. The number of nitrogens with zero attached hydrogens (tertiary/aromatic N) is 3. The molecule has 0 spiro atoms. The molecule has 0 aromatic carbocycles. The summed E-state index contributed by atoms with van der Waals surface area (Å²) in [6.45, 7) is 2.37. The summed E-state index contributed by atoms with van der Waals surface area (Å²) < 4.78 is 0. The van der Waals surface area contributed by atoms with Crippen LogP contribution in [0.1, 0.15) is 19.7 Å². The number of nitrogens with two attached hydrogens (primary N) is 1. The first-order valence-electron chi connectivity index (χ1n) is 4.43. The summed E-state index contributed by atoms with van der Waals surface area (Å²) in [7, 11) is 0. The quantitative estimate of drug-likeness (QED) is 0.846. The zero-order chi connectivity index (χ0) is 11.5. The van der Waals surface area contributed by atoms with Gasteiger partial charge in [-0.05, 0) is 6.92 Å². The maximum Gasteiger partial charge on any atom is 0.282 e. The van der Waals surface area contributed by atoms with Crippen molar-refractivity contribution in [1.29, 1.82) is 0 Å². The van der Waals surface area contributed by atoms with E-state index in [9.17, 15) is 4.79 Å². The number of carbonyl (C=O) groups excluding carboxylic acids is 1. The van der Waals surface area contributed by atoms with Crippen LogP contribution in [0.25, 0.3) is 0 Å². The van der Waals surface area contributed by atoms with Crippen LogP contribution in [0.5, 0.6) is 0 Å². The van der Waals surface area contributed by atoms with Crippen molar-refractivity contribution in [2.75, 3.05) is 5.73 Å². The van der Waals surface area contributed by atoms with Crippen molar-refractivity contribution in [3.8, 4) is 0 Å². The molecule has 0 saturated carbocycles. The first kappa shape index (κ1) is 11.0. The number of hydrogen-bond donors (Lipinski definition) is 2. The molecule has 1 amide bonds. The van der Waals surface area contributed by atoms with E-state index in [1.807, 2.05) is 6.92 Å². The van der Waals surface area contributed by atoms with Crippen LogP contribution >= 0.6 is 22.7 Å². The van der Waals surface area contributed by atoms with E-state index in [1.165, 1.54) is 0 Å². The first-order chi connectivity index (χ1) is 7.65. The summed E-state index contributed by atoms with van der Waals surface area (Å²) in [5.74, 6) is -0.264. The Bertz CT molecular complexity index is 506. The predicted molar refractivity (Wildman–Crippen MR) is 62.3 cm³/mol. The molecule has 16 heavy (non-hydrogen) atoms. The van der Waals surface area contributed by atoms with Gasteiger partial charge in [-0.2, -0.15) is 0 Å². The molecule has 0 unspecified atom stereocenters. The van der Waals surface area contributed by atoms with Gasteiger partial charge in [-0.15, -0.1) is 21.5 Å². The maximum absolute atomic E-state index is 11.6. The zero-order valence-electron chi connectivity index (χ0n) is 8.43. The molecule has 84 valence electrons. The highest BCUT2D eigenvalue weighted by Gasteiger charge is 2.11. The summed E-state index contributed by atoms with van der Waals surface area (Å²) in [6.07, 6.45) is 1.74. The van der Waals surface area contributed by atoms with Crippen LogP contribution in [0.15, 0.2) is 6.20 Å². The minimum Gasteiger partial charge on any atom is -0.374 e. The number of nitrogens with one attached hydrogen (secondary N) is 1. The van der Waals surface area contributed by atoms with Gasteiger partial charge in [-0.25, -0.2) is 4.98 Å². The Hall–Kier alpha value is -1.54. The van der Waals surface area contributed by atoms with E-state index >= 15 is 0 Å². The molecule has 0 atom stereocenters. The van der Waals surface area contributed by atoms with Gasteiger partial charge in [-0.1, -0.05) is 11.3 Å². The van der Waals surface area contributed by atoms with Gasteiger partial charge in [0.25, 0.3) is 5.91 Å². The Balaban J connectivity index is 1.93. The molecule has 0 fully saturated rings. The summed E-state index contributed by atoms with van der Waals surface area (Å²) >= 11 is 2.61. The molecule has 8 heteroatoms. The lowest BCUT2D eigenvalue weighted by molar-refractivity contribution is 0.0950. The fraction of sp³-hybridized carbons (Fsp3) is 0.250. The van der Waals surface area contributed by atoms with E-state index in [0.29, 0.717) is 11.7 Å². The summed E-state index contributed by atoms with van der Waals surface area (Å²) in [4.78, 5) is 16.7. The third-order valence-corrected chi connectivity index (χ3v) is 3.39. The van der Waals surface area contributed by atoms with Gasteiger partial charge in [0.05, 0.1) is 11.6 Å². The van der Waals surface area contributed by atoms with E-state index in [0.717, 1.165) is 21.2 Å². The van der Waals surface area contributed by atoms with Crippen molar-refractivity contribution < 1.29 is 4.79 Å². The normalized spacial score (nSPS) is 10.3. The number of anilines is 1. The lowest BCUT2D eigenvalue weighted by Crippen LogP contribution is -2.22. The number of rotatable bonds is 3. The summed E-state index contributed by atoms with van der Waals surface area (Å²) in [6, 6.07) is 0. The lowest BCUT2D eigenvalue weighted by Gasteiger charge is -1.98. The predicted octanol–water partition coefficient (Wildman–Crippen LogP) is 0.815. The van der Waals surface area contributed by atoms with Crippen LogP contribution < -0.4 is 11.1 Å². The highest BCUT2D eigenvalue weighted by molar-refractivity contribution is 7.16. The molecule has 2 aromatic rings. The molecular weight excluding hydrogens is 246 g/mol. The van der Waals surface area contributed by atoms with E-state index in [-0.39, 0.29) is 10.9 Å². The van der Waals surface area contributed by atoms with Crippen molar-refractivity contribution >= 4 is 33.7 Å². The molecule has 2 rings (SSSR count). The maximum atomic E-state index is 11.6. The second-order valence-corrected chi connectivity index (χ2v) is 5.30. The molecule has 0 saturated heterocycles. The van der Waals surface area contributed by atoms with Crippen LogP contribution in [0.2, 0.25) is 0 Å². The van der Waals surface area contributed by atoms with Crippen molar-refractivity contribution in [1.82, 2.24) is 20.5 Å². The fourth-order valence-corrected chi connectivity index (χ4v) is 2.32. The molecule has 3 N–H and O–H groups in total. The molecule has 2 heterocycles. The van der Waals surface area contributed by atoms with Crippen LogP contribution in [0.4, 0.5) is 5.13 Å². The van der Waals surface area contributed by atoms with E-state index in [4.69, 9.17) is 5.73 Å². The molecule has 0 aliphatic rings. The largest absolute Gasteiger partial charge is 0.374 e. The molecule has 6 nitrogen and oxygen atoms in total. The van der Waals surface area contributed by atoms with Crippen LogP contribution in [0.3, 0.4) is 0 Å². The number of amides is 1. The average Bonchev–Trinajstić information content (AvgIpc) is 2.84. The van der Waals surface area contributed by atoms with E-state index < -0.39 is 0 Å². The molecule has 0 bridgehead atoms. The van der Waals surface area contributed by atoms with Gasteiger partial charge < -0.3 is 11.1 Å². The highest BCUT2D eigenvalue weighted by Crippen LogP contribution is 2.13. The third-order valence-electron chi connectivity index (χ3n) is 1.73. The Kier molecular flexibility index (Phi) is 3.11. The van der Waals surface area contributed by atoms with Crippen molar-refractivity contribution in [3.05, 3.63) is 21.1 Å². The molecular formula is C8H9N5OS2. The minimum atomic E-state index is -0.264. The average molecular weight is 255 g/mol. The van der Waals surface area contributed by atoms with E-state index in [1.54, 1.807) is 17.5 Å². The van der Waals surface area contributed by atoms with Crippen molar-refractivity contribution in [2.45, 2.75) is 13.5 Å².